The quantitative estimate of drug-likeness (QED) is 0.679. The lowest BCUT2D eigenvalue weighted by atomic mass is 10.1. The Morgan fingerprint density at radius 1 is 1.38 bits per heavy atom. The molecule has 2 aliphatic rings. The van der Waals surface area contributed by atoms with Crippen LogP contribution in [0, 0.1) is 0 Å². The van der Waals surface area contributed by atoms with Crippen LogP contribution >= 0.6 is 11.8 Å². The fourth-order valence-corrected chi connectivity index (χ4v) is 2.85. The predicted octanol–water partition coefficient (Wildman–Crippen LogP) is 2.30. The van der Waals surface area contributed by atoms with Crippen molar-refractivity contribution in [3.05, 3.63) is 24.3 Å². The van der Waals surface area contributed by atoms with Gasteiger partial charge in [-0.3, -0.25) is 4.99 Å². The maximum atomic E-state index is 4.64. The number of nitrogens with one attached hydrogen (secondary N) is 1. The molecule has 3 rings (SSSR count). The van der Waals surface area contributed by atoms with E-state index >= 15 is 0 Å². The average Bonchev–Trinajstić information content (AvgIpc) is 2.61. The third-order valence-electron chi connectivity index (χ3n) is 2.43. The first kappa shape index (κ1) is 7.44. The second kappa shape index (κ2) is 2.77. The molecule has 0 bridgehead atoms. The van der Waals surface area contributed by atoms with Crippen LogP contribution in [0.15, 0.2) is 29.3 Å². The molecule has 1 N–H and O–H groups in total. The number of benzene rings is 1. The Labute approximate surface area is 81.4 Å². The maximum Gasteiger partial charge on any atom is 0.0861 e. The number of hydrogen-bond donors (Lipinski definition) is 1. The lowest BCUT2D eigenvalue weighted by Gasteiger charge is -2.20. The van der Waals surface area contributed by atoms with E-state index in [-0.39, 0.29) is 0 Å². The van der Waals surface area contributed by atoms with Crippen molar-refractivity contribution in [1.82, 2.24) is 0 Å². The summed E-state index contributed by atoms with van der Waals surface area (Å²) in [5, 5.41) is 3.51. The third-order valence-corrected chi connectivity index (χ3v) is 3.50. The van der Waals surface area contributed by atoms with Crippen molar-refractivity contribution >= 4 is 28.8 Å². The molecule has 1 unspecified atom stereocenters. The fourth-order valence-electron chi connectivity index (χ4n) is 1.75. The first-order valence-corrected chi connectivity index (χ1v) is 5.60. The zero-order chi connectivity index (χ0) is 8.67. The summed E-state index contributed by atoms with van der Waals surface area (Å²) in [6, 6.07) is 8.73. The largest absolute Gasteiger partial charge is 0.374 e. The zero-order valence-electron chi connectivity index (χ0n) is 7.16. The van der Waals surface area contributed by atoms with Gasteiger partial charge in [0, 0.05) is 11.5 Å². The predicted molar refractivity (Wildman–Crippen MR) is 58.3 cm³/mol. The third kappa shape index (κ3) is 1.15. The number of fused-ring (bicyclic) bond motifs is 2. The van der Waals surface area contributed by atoms with Crippen molar-refractivity contribution in [2.75, 3.05) is 16.8 Å². The Bertz CT molecular complexity index is 373. The van der Waals surface area contributed by atoms with Gasteiger partial charge in [0.05, 0.1) is 23.1 Å². The van der Waals surface area contributed by atoms with E-state index in [1.54, 1.807) is 0 Å². The van der Waals surface area contributed by atoms with E-state index in [9.17, 15) is 0 Å². The Morgan fingerprint density at radius 3 is 3.31 bits per heavy atom. The van der Waals surface area contributed by atoms with E-state index in [2.05, 4.69) is 28.5 Å². The molecule has 0 aromatic heterocycles. The molecule has 1 fully saturated rings. The highest BCUT2D eigenvalue weighted by Crippen LogP contribution is 2.33. The monoisotopic (exact) mass is 190 g/mol. The second-order valence-electron chi connectivity index (χ2n) is 3.33. The fraction of sp³-hybridized carbons (Fsp3) is 0.300. The molecule has 0 saturated carbocycles. The van der Waals surface area contributed by atoms with E-state index in [1.807, 2.05) is 17.8 Å². The lowest BCUT2D eigenvalue weighted by Crippen LogP contribution is -2.30. The number of anilines is 1. The minimum Gasteiger partial charge on any atom is -0.374 e. The normalized spacial score (nSPS) is 24.3. The topological polar surface area (TPSA) is 24.4 Å². The average molecular weight is 190 g/mol. The molecular formula is C10H10N2S. The molecule has 0 amide bonds. The van der Waals surface area contributed by atoms with Crippen molar-refractivity contribution in [2.45, 2.75) is 6.04 Å². The van der Waals surface area contributed by atoms with E-state index < -0.39 is 0 Å². The number of thioether (sulfide) groups is 1. The van der Waals surface area contributed by atoms with Gasteiger partial charge < -0.3 is 5.32 Å². The summed E-state index contributed by atoms with van der Waals surface area (Å²) < 4.78 is 0. The molecule has 1 aromatic rings. The summed E-state index contributed by atoms with van der Waals surface area (Å²) in [7, 11) is 0. The molecule has 0 aliphatic carbocycles. The number of para-hydroxylation sites is 2. The van der Waals surface area contributed by atoms with E-state index in [1.165, 1.54) is 11.4 Å². The van der Waals surface area contributed by atoms with Crippen molar-refractivity contribution in [3.63, 3.8) is 0 Å². The molecule has 13 heavy (non-hydrogen) atoms. The number of hydrogen-bond acceptors (Lipinski definition) is 3. The first-order chi connectivity index (χ1) is 6.43. The van der Waals surface area contributed by atoms with Gasteiger partial charge in [0.2, 0.25) is 0 Å². The zero-order valence-corrected chi connectivity index (χ0v) is 7.97. The summed E-state index contributed by atoms with van der Waals surface area (Å²) in [6.45, 7) is 0. The maximum absolute atomic E-state index is 4.64. The Hall–Kier alpha value is -0.960. The van der Waals surface area contributed by atoms with Crippen LogP contribution < -0.4 is 5.32 Å². The van der Waals surface area contributed by atoms with Gasteiger partial charge in [-0.2, -0.15) is 11.8 Å². The molecule has 0 radical (unpaired) electrons. The van der Waals surface area contributed by atoms with E-state index in [4.69, 9.17) is 0 Å². The van der Waals surface area contributed by atoms with E-state index in [0.717, 1.165) is 17.2 Å². The van der Waals surface area contributed by atoms with Gasteiger partial charge in [-0.25, -0.2) is 0 Å². The minimum absolute atomic E-state index is 0.486. The van der Waals surface area contributed by atoms with Crippen LogP contribution in [0.4, 0.5) is 11.4 Å². The molecule has 2 heterocycles. The van der Waals surface area contributed by atoms with E-state index in [0.29, 0.717) is 6.04 Å². The highest BCUT2D eigenvalue weighted by atomic mass is 32.2. The highest BCUT2D eigenvalue weighted by Gasteiger charge is 2.26. The highest BCUT2D eigenvalue weighted by molar-refractivity contribution is 8.00. The van der Waals surface area contributed by atoms with Crippen molar-refractivity contribution in [3.8, 4) is 0 Å². The van der Waals surface area contributed by atoms with Crippen LogP contribution in [0.1, 0.15) is 0 Å². The summed E-state index contributed by atoms with van der Waals surface area (Å²) in [6.07, 6.45) is 0. The Balaban J connectivity index is 2.10. The standard InChI is InChI=1S/C10H10N2S/c1-2-4-8-7(3-1)11-9-5-13-6-10(9)12-8/h1-4,9,11H,5-6H2. The van der Waals surface area contributed by atoms with Crippen molar-refractivity contribution in [1.29, 1.82) is 0 Å². The summed E-state index contributed by atoms with van der Waals surface area (Å²) in [4.78, 5) is 4.64. The summed E-state index contributed by atoms with van der Waals surface area (Å²) in [5.74, 6) is 2.25. The summed E-state index contributed by atoms with van der Waals surface area (Å²) in [5.41, 5.74) is 3.58. The molecular weight excluding hydrogens is 180 g/mol. The number of aliphatic imine (C=N–C) groups is 1. The molecule has 0 spiro atoms. The van der Waals surface area contributed by atoms with Crippen molar-refractivity contribution < 1.29 is 0 Å². The van der Waals surface area contributed by atoms with Gasteiger partial charge in [0.15, 0.2) is 0 Å². The minimum atomic E-state index is 0.486. The smallest absolute Gasteiger partial charge is 0.0861 e. The van der Waals surface area contributed by atoms with Crippen LogP contribution in [0.2, 0.25) is 0 Å². The molecule has 3 heteroatoms. The van der Waals surface area contributed by atoms with Gasteiger partial charge in [-0.05, 0) is 12.1 Å². The first-order valence-electron chi connectivity index (χ1n) is 4.44. The van der Waals surface area contributed by atoms with Crippen LogP contribution in [0.25, 0.3) is 0 Å². The Morgan fingerprint density at radius 2 is 2.31 bits per heavy atom. The van der Waals surface area contributed by atoms with Gasteiger partial charge >= 0.3 is 0 Å². The molecule has 66 valence electrons. The van der Waals surface area contributed by atoms with Crippen LogP contribution in [-0.2, 0) is 0 Å². The molecule has 2 aliphatic heterocycles. The van der Waals surface area contributed by atoms with Crippen LogP contribution in [-0.4, -0.2) is 23.3 Å². The molecule has 2 nitrogen and oxygen atoms in total. The van der Waals surface area contributed by atoms with Crippen molar-refractivity contribution in [2.24, 2.45) is 4.99 Å². The van der Waals surface area contributed by atoms with Gasteiger partial charge in [0.1, 0.15) is 0 Å². The number of nitrogens with zero attached hydrogens (tertiary/aromatic N) is 1. The number of rotatable bonds is 0. The Kier molecular flexibility index (Phi) is 1.59. The molecule has 1 aromatic carbocycles. The van der Waals surface area contributed by atoms with Gasteiger partial charge in [-0.1, -0.05) is 12.1 Å². The summed E-state index contributed by atoms with van der Waals surface area (Å²) >= 11 is 1.96. The second-order valence-corrected chi connectivity index (χ2v) is 4.36. The lowest BCUT2D eigenvalue weighted by molar-refractivity contribution is 1.06. The molecule has 1 atom stereocenters. The molecule has 1 saturated heterocycles. The van der Waals surface area contributed by atoms with Gasteiger partial charge in [-0.15, -0.1) is 0 Å². The SMILES string of the molecule is c1ccc2c(c1)N=C1CSCC1N2. The van der Waals surface area contributed by atoms with Crippen LogP contribution in [0.5, 0.6) is 0 Å². The van der Waals surface area contributed by atoms with Crippen LogP contribution in [0.3, 0.4) is 0 Å². The van der Waals surface area contributed by atoms with Gasteiger partial charge in [0.25, 0.3) is 0 Å².